The Hall–Kier alpha value is -3.07. The third kappa shape index (κ3) is 3.13. The van der Waals surface area contributed by atoms with E-state index in [0.717, 1.165) is 36.3 Å². The van der Waals surface area contributed by atoms with E-state index in [0.29, 0.717) is 23.6 Å². The Labute approximate surface area is 144 Å². The van der Waals surface area contributed by atoms with Crippen LogP contribution in [0.25, 0.3) is 11.6 Å². The highest BCUT2D eigenvalue weighted by molar-refractivity contribution is 5.47. The van der Waals surface area contributed by atoms with Gasteiger partial charge in [0.25, 0.3) is 0 Å². The standard InChI is InChI=1S/C19H15FN4O/c20-15-7-12(10-21)6-14(8-15)13-2-1-3-18-17(9-13)24-19(25-18)16-4-5-22-11-23-16/h4-8,11,13H,1-3,9H2. The molecule has 124 valence electrons. The second-order valence-corrected chi connectivity index (χ2v) is 6.16. The van der Waals surface area contributed by atoms with E-state index in [4.69, 9.17) is 9.68 Å². The summed E-state index contributed by atoms with van der Waals surface area (Å²) in [4.78, 5) is 12.7. The first-order valence-electron chi connectivity index (χ1n) is 8.18. The van der Waals surface area contributed by atoms with Crippen LogP contribution in [0, 0.1) is 17.1 Å². The van der Waals surface area contributed by atoms with Gasteiger partial charge in [-0.2, -0.15) is 5.26 Å². The number of fused-ring (bicyclic) bond motifs is 1. The molecule has 0 amide bonds. The lowest BCUT2D eigenvalue weighted by molar-refractivity contribution is 0.504. The third-order valence-corrected chi connectivity index (χ3v) is 4.50. The van der Waals surface area contributed by atoms with E-state index in [1.807, 2.05) is 6.07 Å². The van der Waals surface area contributed by atoms with Crippen molar-refractivity contribution in [1.82, 2.24) is 15.0 Å². The van der Waals surface area contributed by atoms with Gasteiger partial charge in [-0.25, -0.2) is 19.3 Å². The highest BCUT2D eigenvalue weighted by atomic mass is 19.1. The summed E-state index contributed by atoms with van der Waals surface area (Å²) in [7, 11) is 0. The Kier molecular flexibility index (Phi) is 3.98. The largest absolute Gasteiger partial charge is 0.440 e. The maximum Gasteiger partial charge on any atom is 0.245 e. The Morgan fingerprint density at radius 3 is 3.00 bits per heavy atom. The monoisotopic (exact) mass is 334 g/mol. The predicted octanol–water partition coefficient (Wildman–Crippen LogP) is 3.80. The molecular formula is C19H15FN4O. The molecule has 3 aromatic rings. The second-order valence-electron chi connectivity index (χ2n) is 6.16. The van der Waals surface area contributed by atoms with Gasteiger partial charge in [0.05, 0.1) is 17.3 Å². The smallest absolute Gasteiger partial charge is 0.245 e. The molecule has 25 heavy (non-hydrogen) atoms. The summed E-state index contributed by atoms with van der Waals surface area (Å²) in [6.07, 6.45) is 6.40. The maximum atomic E-state index is 13.8. The maximum absolute atomic E-state index is 13.8. The summed E-state index contributed by atoms with van der Waals surface area (Å²) < 4.78 is 19.7. The number of halogens is 1. The summed E-state index contributed by atoms with van der Waals surface area (Å²) in [6.45, 7) is 0. The van der Waals surface area contributed by atoms with Crippen molar-refractivity contribution in [2.45, 2.75) is 31.6 Å². The van der Waals surface area contributed by atoms with E-state index in [9.17, 15) is 4.39 Å². The van der Waals surface area contributed by atoms with Gasteiger partial charge in [0.1, 0.15) is 23.6 Å². The van der Waals surface area contributed by atoms with Crippen molar-refractivity contribution in [3.8, 4) is 17.7 Å². The second kappa shape index (κ2) is 6.44. The Morgan fingerprint density at radius 1 is 1.28 bits per heavy atom. The van der Waals surface area contributed by atoms with Gasteiger partial charge in [-0.1, -0.05) is 0 Å². The number of hydrogen-bond donors (Lipinski definition) is 0. The summed E-state index contributed by atoms with van der Waals surface area (Å²) in [5.74, 6) is 1.10. The quantitative estimate of drug-likeness (QED) is 0.666. The lowest BCUT2D eigenvalue weighted by atomic mass is 9.90. The lowest BCUT2D eigenvalue weighted by Gasteiger charge is -2.14. The molecule has 1 atom stereocenters. The van der Waals surface area contributed by atoms with Crippen LogP contribution in [0.4, 0.5) is 4.39 Å². The van der Waals surface area contributed by atoms with Gasteiger partial charge in [-0.3, -0.25) is 0 Å². The first kappa shape index (κ1) is 15.5. The third-order valence-electron chi connectivity index (χ3n) is 4.50. The van der Waals surface area contributed by atoms with Crippen molar-refractivity contribution in [1.29, 1.82) is 5.26 Å². The zero-order valence-electron chi connectivity index (χ0n) is 13.4. The number of benzene rings is 1. The minimum atomic E-state index is -0.375. The molecule has 1 aliphatic carbocycles. The number of aryl methyl sites for hydroxylation is 1. The minimum Gasteiger partial charge on any atom is -0.440 e. The Balaban J connectivity index is 1.67. The fourth-order valence-electron chi connectivity index (χ4n) is 3.31. The van der Waals surface area contributed by atoms with Gasteiger partial charge in [-0.15, -0.1) is 0 Å². The van der Waals surface area contributed by atoms with Crippen molar-refractivity contribution in [3.63, 3.8) is 0 Å². The zero-order chi connectivity index (χ0) is 17.2. The molecule has 0 N–H and O–H groups in total. The van der Waals surface area contributed by atoms with E-state index in [2.05, 4.69) is 15.0 Å². The Morgan fingerprint density at radius 2 is 2.20 bits per heavy atom. The molecule has 0 fully saturated rings. The Bertz CT molecular complexity index is 946. The molecule has 2 heterocycles. The van der Waals surface area contributed by atoms with Crippen LogP contribution in [0.5, 0.6) is 0 Å². The molecule has 6 heteroatoms. The number of aromatic nitrogens is 3. The SMILES string of the molecule is N#Cc1cc(F)cc(C2CCCc3oc(-c4ccncn4)nc3C2)c1. The van der Waals surface area contributed by atoms with Crippen LogP contribution >= 0.6 is 0 Å². The van der Waals surface area contributed by atoms with Crippen molar-refractivity contribution in [3.05, 3.63) is 65.2 Å². The van der Waals surface area contributed by atoms with Gasteiger partial charge in [-0.05, 0) is 48.6 Å². The van der Waals surface area contributed by atoms with Gasteiger partial charge in [0.2, 0.25) is 5.89 Å². The zero-order valence-corrected chi connectivity index (χ0v) is 13.4. The van der Waals surface area contributed by atoms with Crippen LogP contribution in [0.3, 0.4) is 0 Å². The van der Waals surface area contributed by atoms with Crippen LogP contribution in [-0.4, -0.2) is 15.0 Å². The van der Waals surface area contributed by atoms with Crippen molar-refractivity contribution >= 4 is 0 Å². The molecule has 0 bridgehead atoms. The molecular weight excluding hydrogens is 319 g/mol. The normalized spacial score (nSPS) is 16.7. The molecule has 4 rings (SSSR count). The predicted molar refractivity (Wildman–Crippen MR) is 88.0 cm³/mol. The fraction of sp³-hybridized carbons (Fsp3) is 0.263. The molecule has 0 aliphatic heterocycles. The van der Waals surface area contributed by atoms with E-state index >= 15 is 0 Å². The summed E-state index contributed by atoms with van der Waals surface area (Å²) in [6, 6.07) is 8.32. The van der Waals surface area contributed by atoms with E-state index < -0.39 is 0 Å². The van der Waals surface area contributed by atoms with Crippen LogP contribution < -0.4 is 0 Å². The van der Waals surface area contributed by atoms with Crippen LogP contribution in [0.2, 0.25) is 0 Å². The number of nitriles is 1. The van der Waals surface area contributed by atoms with Gasteiger partial charge in [0.15, 0.2) is 0 Å². The molecule has 1 unspecified atom stereocenters. The first-order chi connectivity index (χ1) is 12.2. The molecule has 0 radical (unpaired) electrons. The van der Waals surface area contributed by atoms with Crippen molar-refractivity contribution in [2.24, 2.45) is 0 Å². The topological polar surface area (TPSA) is 75.6 Å². The van der Waals surface area contributed by atoms with Gasteiger partial charge in [0, 0.05) is 19.0 Å². The van der Waals surface area contributed by atoms with Gasteiger partial charge >= 0.3 is 0 Å². The average Bonchev–Trinajstić information content (AvgIpc) is 2.93. The molecule has 0 saturated carbocycles. The summed E-state index contributed by atoms with van der Waals surface area (Å²) in [5, 5.41) is 9.07. The molecule has 1 aromatic carbocycles. The van der Waals surface area contributed by atoms with Crippen LogP contribution in [0.1, 0.15) is 41.3 Å². The number of rotatable bonds is 2. The van der Waals surface area contributed by atoms with E-state index in [-0.39, 0.29) is 11.7 Å². The van der Waals surface area contributed by atoms with Crippen LogP contribution in [-0.2, 0) is 12.8 Å². The van der Waals surface area contributed by atoms with Crippen molar-refractivity contribution < 1.29 is 8.81 Å². The van der Waals surface area contributed by atoms with Crippen LogP contribution in [0.15, 0.2) is 41.2 Å². The highest BCUT2D eigenvalue weighted by Crippen LogP contribution is 2.34. The molecule has 1 aliphatic rings. The summed E-state index contributed by atoms with van der Waals surface area (Å²) >= 11 is 0. The highest BCUT2D eigenvalue weighted by Gasteiger charge is 2.24. The van der Waals surface area contributed by atoms with Crippen molar-refractivity contribution in [2.75, 3.05) is 0 Å². The number of oxazole rings is 1. The minimum absolute atomic E-state index is 0.118. The lowest BCUT2D eigenvalue weighted by Crippen LogP contribution is -2.03. The molecule has 0 spiro atoms. The molecule has 2 aromatic heterocycles. The van der Waals surface area contributed by atoms with E-state index in [1.165, 1.54) is 18.5 Å². The molecule has 5 nitrogen and oxygen atoms in total. The average molecular weight is 334 g/mol. The summed E-state index contributed by atoms with van der Waals surface area (Å²) in [5.41, 5.74) is 2.73. The van der Waals surface area contributed by atoms with E-state index in [1.54, 1.807) is 18.3 Å². The number of hydrogen-bond acceptors (Lipinski definition) is 5. The first-order valence-corrected chi connectivity index (χ1v) is 8.18. The van der Waals surface area contributed by atoms with Gasteiger partial charge < -0.3 is 4.42 Å². The number of nitrogens with zero attached hydrogens (tertiary/aromatic N) is 4. The molecule has 0 saturated heterocycles. The fourth-order valence-corrected chi connectivity index (χ4v) is 3.31.